The molecule has 0 bridgehead atoms. The van der Waals surface area contributed by atoms with Gasteiger partial charge in [-0.1, -0.05) is 11.6 Å². The Hall–Kier alpha value is -1.07. The Balaban J connectivity index is 2.35. The van der Waals surface area contributed by atoms with Gasteiger partial charge in [0.15, 0.2) is 0 Å². The third kappa shape index (κ3) is 1.98. The van der Waals surface area contributed by atoms with Crippen molar-refractivity contribution in [3.63, 3.8) is 0 Å². The number of hydrogen-bond donors (Lipinski definition) is 0. The molecule has 5 nitrogen and oxygen atoms in total. The predicted octanol–water partition coefficient (Wildman–Crippen LogP) is 0.965. The Labute approximate surface area is 92.2 Å². The van der Waals surface area contributed by atoms with Crippen molar-refractivity contribution in [2.24, 2.45) is 7.05 Å². The molecule has 0 N–H and O–H groups in total. The van der Waals surface area contributed by atoms with Crippen LogP contribution in [0.25, 0.3) is 0 Å². The van der Waals surface area contributed by atoms with Gasteiger partial charge in [0.25, 0.3) is 5.56 Å². The van der Waals surface area contributed by atoms with Gasteiger partial charge < -0.3 is 0 Å². The molecule has 1 saturated heterocycles. The Kier molecular flexibility index (Phi) is 2.93. The van der Waals surface area contributed by atoms with Crippen molar-refractivity contribution < 1.29 is 4.84 Å². The summed E-state index contributed by atoms with van der Waals surface area (Å²) in [6.07, 6.45) is 3.62. The standard InChI is InChI=1S/C9H12ClN3O2/c1-12-9(14)8(10)7(6-11-12)13-4-2-3-5-15-13/h6H,2-5H2,1H3. The van der Waals surface area contributed by atoms with Crippen LogP contribution in [0.5, 0.6) is 0 Å². The fourth-order valence-corrected chi connectivity index (χ4v) is 1.73. The first-order valence-corrected chi connectivity index (χ1v) is 5.20. The second kappa shape index (κ2) is 4.20. The summed E-state index contributed by atoms with van der Waals surface area (Å²) >= 11 is 5.94. The van der Waals surface area contributed by atoms with Crippen LogP contribution >= 0.6 is 11.6 Å². The van der Waals surface area contributed by atoms with Gasteiger partial charge in [0.2, 0.25) is 0 Å². The average Bonchev–Trinajstić information content (AvgIpc) is 2.27. The number of aromatic nitrogens is 2. The number of hydroxylamine groups is 1. The minimum Gasteiger partial charge on any atom is -0.273 e. The highest BCUT2D eigenvalue weighted by Crippen LogP contribution is 2.23. The average molecular weight is 230 g/mol. The first-order valence-electron chi connectivity index (χ1n) is 4.82. The summed E-state index contributed by atoms with van der Waals surface area (Å²) in [5.74, 6) is 0. The van der Waals surface area contributed by atoms with Crippen LogP contribution in [0.1, 0.15) is 12.8 Å². The summed E-state index contributed by atoms with van der Waals surface area (Å²) in [4.78, 5) is 16.9. The minimum atomic E-state index is -0.302. The number of nitrogens with zero attached hydrogens (tertiary/aromatic N) is 3. The van der Waals surface area contributed by atoms with Crippen LogP contribution in [0.2, 0.25) is 5.02 Å². The van der Waals surface area contributed by atoms with Gasteiger partial charge in [0.05, 0.1) is 12.8 Å². The lowest BCUT2D eigenvalue weighted by atomic mass is 10.3. The normalized spacial score (nSPS) is 16.8. The molecule has 0 aliphatic carbocycles. The van der Waals surface area contributed by atoms with Crippen LogP contribution in [0, 0.1) is 0 Å². The predicted molar refractivity (Wildman–Crippen MR) is 57.0 cm³/mol. The molecule has 15 heavy (non-hydrogen) atoms. The maximum Gasteiger partial charge on any atom is 0.287 e. The van der Waals surface area contributed by atoms with E-state index in [1.807, 2.05) is 0 Å². The fourth-order valence-electron chi connectivity index (χ4n) is 1.46. The van der Waals surface area contributed by atoms with Gasteiger partial charge in [-0.25, -0.2) is 4.68 Å². The zero-order chi connectivity index (χ0) is 10.8. The van der Waals surface area contributed by atoms with Crippen molar-refractivity contribution in [1.29, 1.82) is 0 Å². The Morgan fingerprint density at radius 3 is 3.00 bits per heavy atom. The van der Waals surface area contributed by atoms with Gasteiger partial charge in [-0.15, -0.1) is 0 Å². The number of anilines is 1. The molecule has 0 spiro atoms. The maximum absolute atomic E-state index is 11.5. The maximum atomic E-state index is 11.5. The van der Waals surface area contributed by atoms with E-state index in [1.165, 1.54) is 4.68 Å². The van der Waals surface area contributed by atoms with Crippen molar-refractivity contribution in [3.05, 3.63) is 21.6 Å². The van der Waals surface area contributed by atoms with Gasteiger partial charge in [0.1, 0.15) is 10.7 Å². The molecule has 0 saturated carbocycles. The number of halogens is 1. The molecule has 1 aromatic heterocycles. The van der Waals surface area contributed by atoms with E-state index in [1.54, 1.807) is 18.3 Å². The minimum absolute atomic E-state index is 0.161. The van der Waals surface area contributed by atoms with E-state index in [9.17, 15) is 4.79 Å². The van der Waals surface area contributed by atoms with Gasteiger partial charge in [-0.3, -0.25) is 14.7 Å². The van der Waals surface area contributed by atoms with E-state index in [-0.39, 0.29) is 10.6 Å². The smallest absolute Gasteiger partial charge is 0.273 e. The molecular weight excluding hydrogens is 218 g/mol. The topological polar surface area (TPSA) is 47.4 Å². The van der Waals surface area contributed by atoms with E-state index >= 15 is 0 Å². The molecule has 0 amide bonds. The Morgan fingerprint density at radius 2 is 2.33 bits per heavy atom. The van der Waals surface area contributed by atoms with Crippen molar-refractivity contribution in [2.45, 2.75) is 12.8 Å². The molecule has 1 aliphatic heterocycles. The van der Waals surface area contributed by atoms with Gasteiger partial charge >= 0.3 is 0 Å². The zero-order valence-electron chi connectivity index (χ0n) is 8.44. The van der Waals surface area contributed by atoms with Crippen LogP contribution in [0.3, 0.4) is 0 Å². The SMILES string of the molecule is Cn1ncc(N2CCCCO2)c(Cl)c1=O. The molecule has 0 unspecified atom stereocenters. The summed E-state index contributed by atoms with van der Waals surface area (Å²) in [6.45, 7) is 1.40. The van der Waals surface area contributed by atoms with Gasteiger partial charge in [-0.2, -0.15) is 5.10 Å². The third-order valence-electron chi connectivity index (χ3n) is 2.33. The first-order chi connectivity index (χ1) is 7.20. The second-order valence-electron chi connectivity index (χ2n) is 3.41. The van der Waals surface area contributed by atoms with Crippen LogP contribution in [0.15, 0.2) is 11.0 Å². The lowest BCUT2D eigenvalue weighted by Crippen LogP contribution is -2.32. The molecule has 1 aromatic rings. The molecule has 1 fully saturated rings. The molecule has 82 valence electrons. The van der Waals surface area contributed by atoms with Crippen LogP contribution in [-0.2, 0) is 11.9 Å². The van der Waals surface area contributed by atoms with Crippen molar-refractivity contribution in [3.8, 4) is 0 Å². The monoisotopic (exact) mass is 229 g/mol. The molecule has 2 heterocycles. The lowest BCUT2D eigenvalue weighted by Gasteiger charge is -2.27. The van der Waals surface area contributed by atoms with E-state index in [4.69, 9.17) is 16.4 Å². The number of rotatable bonds is 1. The second-order valence-corrected chi connectivity index (χ2v) is 3.79. The number of aryl methyl sites for hydroxylation is 1. The highest BCUT2D eigenvalue weighted by Gasteiger charge is 2.17. The molecule has 0 aromatic carbocycles. The summed E-state index contributed by atoms with van der Waals surface area (Å²) in [5.41, 5.74) is 0.253. The summed E-state index contributed by atoms with van der Waals surface area (Å²) in [7, 11) is 1.56. The van der Waals surface area contributed by atoms with Gasteiger partial charge in [-0.05, 0) is 12.8 Å². The van der Waals surface area contributed by atoms with Gasteiger partial charge in [0, 0.05) is 13.6 Å². The van der Waals surface area contributed by atoms with E-state index < -0.39 is 0 Å². The third-order valence-corrected chi connectivity index (χ3v) is 2.69. The highest BCUT2D eigenvalue weighted by molar-refractivity contribution is 6.32. The summed E-state index contributed by atoms with van der Waals surface area (Å²) in [5, 5.41) is 5.71. The van der Waals surface area contributed by atoms with E-state index in [0.717, 1.165) is 19.4 Å². The highest BCUT2D eigenvalue weighted by atomic mass is 35.5. The largest absolute Gasteiger partial charge is 0.287 e. The van der Waals surface area contributed by atoms with Crippen LogP contribution < -0.4 is 10.6 Å². The molecule has 6 heteroatoms. The van der Waals surface area contributed by atoms with Crippen molar-refractivity contribution >= 4 is 17.3 Å². The quantitative estimate of drug-likeness (QED) is 0.720. The number of hydrogen-bond acceptors (Lipinski definition) is 4. The Bertz CT molecular complexity index is 412. The first kappa shape index (κ1) is 10.4. The van der Waals surface area contributed by atoms with Crippen molar-refractivity contribution in [1.82, 2.24) is 9.78 Å². The molecule has 2 rings (SSSR count). The van der Waals surface area contributed by atoms with Crippen LogP contribution in [0.4, 0.5) is 5.69 Å². The molecule has 0 radical (unpaired) electrons. The molecule has 1 aliphatic rings. The lowest BCUT2D eigenvalue weighted by molar-refractivity contribution is 0.0776. The molecular formula is C9H12ClN3O2. The van der Waals surface area contributed by atoms with E-state index in [0.29, 0.717) is 12.3 Å². The zero-order valence-corrected chi connectivity index (χ0v) is 9.20. The van der Waals surface area contributed by atoms with Crippen LogP contribution in [-0.4, -0.2) is 22.9 Å². The fraction of sp³-hybridized carbons (Fsp3) is 0.556. The summed E-state index contributed by atoms with van der Waals surface area (Å²) in [6, 6.07) is 0. The van der Waals surface area contributed by atoms with Crippen molar-refractivity contribution in [2.75, 3.05) is 18.2 Å². The summed E-state index contributed by atoms with van der Waals surface area (Å²) < 4.78 is 1.20. The molecule has 0 atom stereocenters. The van der Waals surface area contributed by atoms with E-state index in [2.05, 4.69) is 5.10 Å². The Morgan fingerprint density at radius 1 is 1.53 bits per heavy atom.